The van der Waals surface area contributed by atoms with Gasteiger partial charge >= 0.3 is 0 Å². The second-order valence-corrected chi connectivity index (χ2v) is 7.13. The second kappa shape index (κ2) is 9.41. The Kier molecular flexibility index (Phi) is 6.71. The summed E-state index contributed by atoms with van der Waals surface area (Å²) in [5, 5.41) is 9.63. The number of fused-ring (bicyclic) bond motifs is 1. The van der Waals surface area contributed by atoms with Gasteiger partial charge in [0.15, 0.2) is 5.96 Å². The molecule has 1 aliphatic heterocycles. The van der Waals surface area contributed by atoms with Gasteiger partial charge in [0.1, 0.15) is 5.76 Å². The summed E-state index contributed by atoms with van der Waals surface area (Å²) in [5.74, 6) is 1.80. The number of rotatable bonds is 7. The van der Waals surface area contributed by atoms with Crippen molar-refractivity contribution in [1.29, 1.82) is 0 Å². The zero-order valence-electron chi connectivity index (χ0n) is 16.7. The third-order valence-electron chi connectivity index (χ3n) is 4.88. The van der Waals surface area contributed by atoms with Gasteiger partial charge in [0.25, 0.3) is 0 Å². The van der Waals surface area contributed by atoms with E-state index in [-0.39, 0.29) is 17.9 Å². The molecule has 1 amide bonds. The lowest BCUT2D eigenvalue weighted by Gasteiger charge is -2.26. The van der Waals surface area contributed by atoms with Crippen LogP contribution in [0.5, 0.6) is 0 Å². The fourth-order valence-corrected chi connectivity index (χ4v) is 3.41. The van der Waals surface area contributed by atoms with Gasteiger partial charge in [-0.25, -0.2) is 0 Å². The molecule has 0 aliphatic carbocycles. The van der Waals surface area contributed by atoms with Crippen molar-refractivity contribution in [1.82, 2.24) is 15.5 Å². The summed E-state index contributed by atoms with van der Waals surface area (Å²) in [6.07, 6.45) is 2.15. The molecule has 7 nitrogen and oxygen atoms in total. The van der Waals surface area contributed by atoms with Crippen LogP contribution < -0.4 is 16.0 Å². The highest BCUT2D eigenvalue weighted by Crippen LogP contribution is 2.31. The summed E-state index contributed by atoms with van der Waals surface area (Å²) in [6, 6.07) is 11.9. The Morgan fingerprint density at radius 2 is 2.11 bits per heavy atom. The van der Waals surface area contributed by atoms with E-state index in [0.717, 1.165) is 29.5 Å². The highest BCUT2D eigenvalue weighted by atomic mass is 16.3. The molecule has 3 rings (SSSR count). The van der Waals surface area contributed by atoms with Crippen LogP contribution in [0.15, 0.2) is 52.1 Å². The Hall–Kier alpha value is -2.80. The van der Waals surface area contributed by atoms with Crippen LogP contribution in [0, 0.1) is 0 Å². The fourth-order valence-electron chi connectivity index (χ4n) is 3.41. The van der Waals surface area contributed by atoms with Gasteiger partial charge in [-0.05, 0) is 44.8 Å². The lowest BCUT2D eigenvalue weighted by molar-refractivity contribution is -0.116. The van der Waals surface area contributed by atoms with Gasteiger partial charge in [0, 0.05) is 31.1 Å². The van der Waals surface area contributed by atoms with Crippen LogP contribution in [0.4, 0.5) is 5.69 Å². The molecule has 0 radical (unpaired) electrons. The zero-order valence-corrected chi connectivity index (χ0v) is 16.7. The number of carbonyl (C=O) groups is 1. The maximum Gasteiger partial charge on any atom is 0.225 e. The summed E-state index contributed by atoms with van der Waals surface area (Å²) in [7, 11) is 4.03. The van der Waals surface area contributed by atoms with Crippen molar-refractivity contribution in [2.24, 2.45) is 4.99 Å². The van der Waals surface area contributed by atoms with Crippen LogP contribution >= 0.6 is 0 Å². The number of furan rings is 1. The van der Waals surface area contributed by atoms with Gasteiger partial charge < -0.3 is 20.4 Å². The number of hydrogen-bond acceptors (Lipinski definition) is 4. The van der Waals surface area contributed by atoms with Crippen molar-refractivity contribution in [3.63, 3.8) is 0 Å². The van der Waals surface area contributed by atoms with E-state index in [1.807, 2.05) is 51.4 Å². The molecule has 3 N–H and O–H groups in total. The molecule has 150 valence electrons. The molecule has 1 aliphatic rings. The van der Waals surface area contributed by atoms with Crippen LogP contribution in [0.1, 0.15) is 36.6 Å². The van der Waals surface area contributed by atoms with Crippen LogP contribution in [0.3, 0.4) is 0 Å². The van der Waals surface area contributed by atoms with Gasteiger partial charge in [0.05, 0.1) is 18.8 Å². The van der Waals surface area contributed by atoms with E-state index in [1.165, 1.54) is 0 Å². The third kappa shape index (κ3) is 4.92. The summed E-state index contributed by atoms with van der Waals surface area (Å²) in [5.41, 5.74) is 2.06. The smallest absolute Gasteiger partial charge is 0.225 e. The number of amides is 1. The van der Waals surface area contributed by atoms with Crippen molar-refractivity contribution in [2.45, 2.75) is 25.3 Å². The van der Waals surface area contributed by atoms with Crippen molar-refractivity contribution in [3.05, 3.63) is 54.0 Å². The number of guanidine groups is 1. The third-order valence-corrected chi connectivity index (χ3v) is 4.88. The normalized spacial score (nSPS) is 17.8. The Bertz CT molecular complexity index is 801. The van der Waals surface area contributed by atoms with Crippen LogP contribution in [0.25, 0.3) is 0 Å². The minimum Gasteiger partial charge on any atom is -0.468 e. The summed E-state index contributed by atoms with van der Waals surface area (Å²) >= 11 is 0. The molecule has 2 unspecified atom stereocenters. The molecule has 1 aromatic carbocycles. The first-order valence-electron chi connectivity index (χ1n) is 9.69. The van der Waals surface area contributed by atoms with E-state index in [0.29, 0.717) is 19.5 Å². The summed E-state index contributed by atoms with van der Waals surface area (Å²) in [4.78, 5) is 18.9. The fraction of sp³-hybridized carbons (Fsp3) is 0.429. The monoisotopic (exact) mass is 383 g/mol. The number of anilines is 1. The molecule has 2 atom stereocenters. The number of hydrogen-bond donors (Lipinski definition) is 3. The van der Waals surface area contributed by atoms with Crippen molar-refractivity contribution in [3.8, 4) is 0 Å². The van der Waals surface area contributed by atoms with E-state index >= 15 is 0 Å². The topological polar surface area (TPSA) is 81.9 Å². The van der Waals surface area contributed by atoms with Crippen LogP contribution in [-0.2, 0) is 4.79 Å². The van der Waals surface area contributed by atoms with E-state index < -0.39 is 0 Å². The maximum absolute atomic E-state index is 12.0. The number of nitrogens with zero attached hydrogens (tertiary/aromatic N) is 2. The molecule has 0 saturated heterocycles. The predicted octanol–water partition coefficient (Wildman–Crippen LogP) is 2.56. The van der Waals surface area contributed by atoms with E-state index in [2.05, 4.69) is 26.9 Å². The highest BCUT2D eigenvalue weighted by molar-refractivity contribution is 5.94. The van der Waals surface area contributed by atoms with E-state index in [4.69, 9.17) is 9.41 Å². The predicted molar refractivity (Wildman–Crippen MR) is 112 cm³/mol. The van der Waals surface area contributed by atoms with Gasteiger partial charge in [-0.1, -0.05) is 18.2 Å². The van der Waals surface area contributed by atoms with Gasteiger partial charge in [-0.3, -0.25) is 14.7 Å². The van der Waals surface area contributed by atoms with Crippen LogP contribution in [0.2, 0.25) is 0 Å². The van der Waals surface area contributed by atoms with Gasteiger partial charge in [-0.2, -0.15) is 0 Å². The van der Waals surface area contributed by atoms with Crippen LogP contribution in [-0.4, -0.2) is 50.5 Å². The summed E-state index contributed by atoms with van der Waals surface area (Å²) < 4.78 is 5.56. The minimum atomic E-state index is 0.0536. The Morgan fingerprint density at radius 1 is 1.29 bits per heavy atom. The highest BCUT2D eigenvalue weighted by Gasteiger charge is 2.25. The number of likely N-dealkylation sites (N-methyl/N-ethyl adjacent to an activating group) is 1. The largest absolute Gasteiger partial charge is 0.468 e. The lowest BCUT2D eigenvalue weighted by atomic mass is 9.90. The average molecular weight is 383 g/mol. The number of aliphatic imine (C=N–C) groups is 1. The molecule has 2 heterocycles. The molecule has 0 saturated carbocycles. The average Bonchev–Trinajstić information content (AvgIpc) is 3.20. The molecule has 0 bridgehead atoms. The number of para-hydroxylation sites is 1. The molecule has 1 aromatic heterocycles. The first-order valence-corrected chi connectivity index (χ1v) is 9.69. The number of carbonyl (C=O) groups excluding carboxylic acids is 1. The standard InChI is InChI=1S/C21H29N5O2/c1-4-22-21(24-14-18(26(2)3)19-10-7-11-28-19)23-13-15-12-20(27)25-17-9-6-5-8-16(15)17/h5-11,15,18H,4,12-14H2,1-3H3,(H,25,27)(H2,22,23,24). The Labute approximate surface area is 166 Å². The quantitative estimate of drug-likeness (QED) is 0.506. The molecule has 0 spiro atoms. The maximum atomic E-state index is 12.0. The first kappa shape index (κ1) is 19.9. The Morgan fingerprint density at radius 3 is 2.82 bits per heavy atom. The molecule has 7 heteroatoms. The minimum absolute atomic E-state index is 0.0536. The van der Waals surface area contributed by atoms with Gasteiger partial charge in [0.2, 0.25) is 5.91 Å². The number of benzene rings is 1. The Balaban J connectivity index is 1.68. The lowest BCUT2D eigenvalue weighted by Crippen LogP contribution is -2.41. The molecule has 28 heavy (non-hydrogen) atoms. The van der Waals surface area contributed by atoms with Crippen molar-refractivity contribution < 1.29 is 9.21 Å². The molecule has 2 aromatic rings. The molecular weight excluding hydrogens is 354 g/mol. The number of nitrogens with one attached hydrogen (secondary N) is 3. The molecule has 0 fully saturated rings. The van der Waals surface area contributed by atoms with E-state index in [9.17, 15) is 4.79 Å². The second-order valence-electron chi connectivity index (χ2n) is 7.13. The van der Waals surface area contributed by atoms with Crippen molar-refractivity contribution in [2.75, 3.05) is 39.0 Å². The van der Waals surface area contributed by atoms with Crippen molar-refractivity contribution >= 4 is 17.6 Å². The van der Waals surface area contributed by atoms with E-state index in [1.54, 1.807) is 6.26 Å². The zero-order chi connectivity index (χ0) is 19.9. The SMILES string of the molecule is CCNC(=NCC(c1ccco1)N(C)C)NCC1CC(=O)Nc2ccccc21. The first-order chi connectivity index (χ1) is 13.6. The summed E-state index contributed by atoms with van der Waals surface area (Å²) in [6.45, 7) is 4.01. The molecular formula is C21H29N5O2. The van der Waals surface area contributed by atoms with Gasteiger partial charge in [-0.15, -0.1) is 0 Å².